The molecule has 1 aromatic carbocycles. The maximum absolute atomic E-state index is 10.9. The average molecular weight is 247 g/mol. The number of allylic oxidation sites excluding steroid dienone is 1. The summed E-state index contributed by atoms with van der Waals surface area (Å²) in [4.78, 5) is 10.9. The Morgan fingerprint density at radius 2 is 2.22 bits per heavy atom. The molecule has 1 aliphatic rings. The van der Waals surface area contributed by atoms with Crippen molar-refractivity contribution in [2.45, 2.75) is 25.9 Å². The van der Waals surface area contributed by atoms with E-state index >= 15 is 0 Å². The second kappa shape index (κ2) is 6.10. The van der Waals surface area contributed by atoms with Gasteiger partial charge in [0.2, 0.25) is 5.91 Å². The van der Waals surface area contributed by atoms with Gasteiger partial charge in [0.1, 0.15) is 18.5 Å². The van der Waals surface area contributed by atoms with Crippen LogP contribution in [0.25, 0.3) is 0 Å². The van der Waals surface area contributed by atoms with Gasteiger partial charge in [-0.05, 0) is 43.2 Å². The summed E-state index contributed by atoms with van der Waals surface area (Å²) in [5.74, 6) is 0.702. The number of rotatable bonds is 4. The zero-order chi connectivity index (χ0) is 12.8. The molecule has 1 heterocycles. The molecule has 0 fully saturated rings. The number of anilines is 1. The van der Waals surface area contributed by atoms with Gasteiger partial charge in [-0.3, -0.25) is 4.79 Å². The summed E-state index contributed by atoms with van der Waals surface area (Å²) in [5.41, 5.74) is 0.770. The Morgan fingerprint density at radius 3 is 2.83 bits per heavy atom. The molecule has 0 saturated heterocycles. The van der Waals surface area contributed by atoms with E-state index in [9.17, 15) is 4.79 Å². The highest BCUT2D eigenvalue weighted by Crippen LogP contribution is 2.17. The van der Waals surface area contributed by atoms with Crippen molar-refractivity contribution >= 4 is 11.6 Å². The van der Waals surface area contributed by atoms with Crippen molar-refractivity contribution in [3.05, 3.63) is 36.6 Å². The first-order valence-corrected chi connectivity index (χ1v) is 6.05. The molecule has 0 aromatic heterocycles. The molecule has 1 atom stereocenters. The van der Waals surface area contributed by atoms with Crippen molar-refractivity contribution in [1.29, 1.82) is 0 Å². The van der Waals surface area contributed by atoms with E-state index in [0.29, 0.717) is 6.61 Å². The first kappa shape index (κ1) is 12.5. The maximum atomic E-state index is 10.9. The minimum Gasteiger partial charge on any atom is -0.495 e. The first-order chi connectivity index (χ1) is 8.74. The van der Waals surface area contributed by atoms with Crippen LogP contribution in [0.15, 0.2) is 36.6 Å². The van der Waals surface area contributed by atoms with Gasteiger partial charge in [-0.25, -0.2) is 0 Å². The van der Waals surface area contributed by atoms with E-state index in [4.69, 9.17) is 9.47 Å². The lowest BCUT2D eigenvalue weighted by molar-refractivity contribution is -0.114. The Bertz CT molecular complexity index is 425. The van der Waals surface area contributed by atoms with E-state index in [-0.39, 0.29) is 12.0 Å². The second-order valence-electron chi connectivity index (χ2n) is 4.22. The van der Waals surface area contributed by atoms with E-state index in [0.717, 1.165) is 24.3 Å². The van der Waals surface area contributed by atoms with Crippen molar-refractivity contribution in [3.8, 4) is 5.75 Å². The van der Waals surface area contributed by atoms with Crippen molar-refractivity contribution in [2.75, 3.05) is 11.9 Å². The van der Waals surface area contributed by atoms with Crippen LogP contribution in [0.1, 0.15) is 19.8 Å². The molecule has 4 nitrogen and oxygen atoms in total. The maximum Gasteiger partial charge on any atom is 0.221 e. The molecule has 4 heteroatoms. The molecule has 1 amide bonds. The summed E-state index contributed by atoms with van der Waals surface area (Å²) in [7, 11) is 0. The Morgan fingerprint density at radius 1 is 1.44 bits per heavy atom. The summed E-state index contributed by atoms with van der Waals surface area (Å²) in [5, 5.41) is 2.71. The van der Waals surface area contributed by atoms with Gasteiger partial charge in [0.25, 0.3) is 0 Å². The molecule has 0 radical (unpaired) electrons. The predicted octanol–water partition coefficient (Wildman–Crippen LogP) is 2.72. The number of carbonyl (C=O) groups excluding carboxylic acids is 1. The van der Waals surface area contributed by atoms with Gasteiger partial charge in [0.05, 0.1) is 6.26 Å². The third kappa shape index (κ3) is 3.80. The topological polar surface area (TPSA) is 47.6 Å². The fourth-order valence-corrected chi connectivity index (χ4v) is 1.73. The summed E-state index contributed by atoms with van der Waals surface area (Å²) in [6.45, 7) is 2.03. The summed E-state index contributed by atoms with van der Waals surface area (Å²) in [6.07, 6.45) is 5.90. The van der Waals surface area contributed by atoms with Crippen molar-refractivity contribution < 1.29 is 14.3 Å². The summed E-state index contributed by atoms with van der Waals surface area (Å²) < 4.78 is 11.0. The number of amides is 1. The van der Waals surface area contributed by atoms with Crippen LogP contribution in [-0.2, 0) is 9.53 Å². The van der Waals surface area contributed by atoms with Gasteiger partial charge in [-0.1, -0.05) is 0 Å². The molecule has 1 aliphatic heterocycles. The molecule has 0 aliphatic carbocycles. The molecule has 1 unspecified atom stereocenters. The lowest BCUT2D eigenvalue weighted by Crippen LogP contribution is -2.21. The van der Waals surface area contributed by atoms with E-state index in [1.807, 2.05) is 30.3 Å². The number of nitrogens with one attached hydrogen (secondary N) is 1. The Labute approximate surface area is 107 Å². The fourth-order valence-electron chi connectivity index (χ4n) is 1.73. The van der Waals surface area contributed by atoms with Crippen LogP contribution in [0.2, 0.25) is 0 Å². The van der Waals surface area contributed by atoms with Crippen LogP contribution in [0, 0.1) is 0 Å². The summed E-state index contributed by atoms with van der Waals surface area (Å²) in [6, 6.07) is 7.31. The third-order valence-corrected chi connectivity index (χ3v) is 2.63. The smallest absolute Gasteiger partial charge is 0.221 e. The minimum absolute atomic E-state index is 0.0777. The van der Waals surface area contributed by atoms with E-state index in [1.54, 1.807) is 6.26 Å². The van der Waals surface area contributed by atoms with Gasteiger partial charge in [-0.2, -0.15) is 0 Å². The van der Waals surface area contributed by atoms with Crippen LogP contribution in [0.4, 0.5) is 5.69 Å². The van der Waals surface area contributed by atoms with Gasteiger partial charge in [0, 0.05) is 12.6 Å². The van der Waals surface area contributed by atoms with Crippen molar-refractivity contribution in [3.63, 3.8) is 0 Å². The summed E-state index contributed by atoms with van der Waals surface area (Å²) >= 11 is 0. The highest BCUT2D eigenvalue weighted by atomic mass is 16.5. The van der Waals surface area contributed by atoms with Crippen LogP contribution in [0.3, 0.4) is 0 Å². The molecular formula is C14H17NO3. The molecule has 0 spiro atoms. The van der Waals surface area contributed by atoms with Gasteiger partial charge in [0.15, 0.2) is 0 Å². The van der Waals surface area contributed by atoms with Crippen LogP contribution in [-0.4, -0.2) is 18.6 Å². The molecule has 1 aromatic rings. The lowest BCUT2D eigenvalue weighted by atomic mass is 10.2. The largest absolute Gasteiger partial charge is 0.495 e. The number of benzene rings is 1. The normalized spacial score (nSPS) is 17.9. The molecular weight excluding hydrogens is 230 g/mol. The molecule has 96 valence electrons. The Hall–Kier alpha value is -1.97. The standard InChI is InChI=1S/C14H17NO3/c1-11(16)15-12-5-7-13(8-6-12)18-10-14-4-2-3-9-17-14/h3,5-9,14H,2,4,10H2,1H3,(H,15,16). The van der Waals surface area contributed by atoms with Crippen molar-refractivity contribution in [1.82, 2.24) is 0 Å². The minimum atomic E-state index is -0.0777. The SMILES string of the molecule is CC(=O)Nc1ccc(OCC2CCC=CO2)cc1. The monoisotopic (exact) mass is 247 g/mol. The zero-order valence-electron chi connectivity index (χ0n) is 10.4. The van der Waals surface area contributed by atoms with Gasteiger partial charge >= 0.3 is 0 Å². The highest BCUT2D eigenvalue weighted by Gasteiger charge is 2.11. The van der Waals surface area contributed by atoms with E-state index in [1.165, 1.54) is 6.92 Å². The number of hydrogen-bond donors (Lipinski definition) is 1. The van der Waals surface area contributed by atoms with Gasteiger partial charge in [-0.15, -0.1) is 0 Å². The predicted molar refractivity (Wildman–Crippen MR) is 69.5 cm³/mol. The zero-order valence-corrected chi connectivity index (χ0v) is 10.4. The average Bonchev–Trinajstić information content (AvgIpc) is 2.38. The number of hydrogen-bond acceptors (Lipinski definition) is 3. The van der Waals surface area contributed by atoms with E-state index in [2.05, 4.69) is 5.32 Å². The fraction of sp³-hybridized carbons (Fsp3) is 0.357. The number of ether oxygens (including phenoxy) is 2. The Kier molecular flexibility index (Phi) is 4.23. The molecule has 18 heavy (non-hydrogen) atoms. The van der Waals surface area contributed by atoms with Crippen LogP contribution >= 0.6 is 0 Å². The number of carbonyl (C=O) groups is 1. The molecule has 2 rings (SSSR count). The quantitative estimate of drug-likeness (QED) is 0.889. The Balaban J connectivity index is 1.82. The lowest BCUT2D eigenvalue weighted by Gasteiger charge is -2.19. The van der Waals surface area contributed by atoms with E-state index < -0.39 is 0 Å². The van der Waals surface area contributed by atoms with Crippen LogP contribution < -0.4 is 10.1 Å². The molecule has 0 saturated carbocycles. The second-order valence-corrected chi connectivity index (χ2v) is 4.22. The van der Waals surface area contributed by atoms with Gasteiger partial charge < -0.3 is 14.8 Å². The van der Waals surface area contributed by atoms with Crippen molar-refractivity contribution in [2.24, 2.45) is 0 Å². The third-order valence-electron chi connectivity index (χ3n) is 2.63. The first-order valence-electron chi connectivity index (χ1n) is 6.05. The van der Waals surface area contributed by atoms with Crippen LogP contribution in [0.5, 0.6) is 5.75 Å². The molecule has 1 N–H and O–H groups in total. The highest BCUT2D eigenvalue weighted by molar-refractivity contribution is 5.88. The molecule has 0 bridgehead atoms.